The highest BCUT2D eigenvalue weighted by molar-refractivity contribution is 9.09. The van der Waals surface area contributed by atoms with Gasteiger partial charge in [0.1, 0.15) is 0 Å². The number of rotatable bonds is 4. The first kappa shape index (κ1) is 14.1. The minimum absolute atomic E-state index is 0.0280. The molecule has 0 bridgehead atoms. The van der Waals surface area contributed by atoms with Gasteiger partial charge in [0.15, 0.2) is 5.69 Å². The first-order valence-corrected chi connectivity index (χ1v) is 7.33. The molecule has 0 aliphatic rings. The van der Waals surface area contributed by atoms with Gasteiger partial charge >= 0.3 is 0 Å². The first-order chi connectivity index (χ1) is 8.94. The Morgan fingerprint density at radius 2 is 2.11 bits per heavy atom. The molecule has 0 atom stereocenters. The molecule has 4 nitrogen and oxygen atoms in total. The minimum Gasteiger partial charge on any atom is -0.350 e. The molecule has 1 heterocycles. The second-order valence-corrected chi connectivity index (χ2v) is 6.03. The van der Waals surface area contributed by atoms with Crippen LogP contribution in [0, 0.1) is 5.41 Å². The molecule has 1 aromatic carbocycles. The topological polar surface area (TPSA) is 46.9 Å². The van der Waals surface area contributed by atoms with E-state index in [1.54, 1.807) is 4.68 Å². The monoisotopic (exact) mass is 323 g/mol. The Bertz CT molecular complexity index is 604. The molecular weight excluding hydrogens is 306 g/mol. The summed E-state index contributed by atoms with van der Waals surface area (Å²) in [4.78, 5) is 12.2. The number of benzene rings is 1. The number of halogens is 1. The molecule has 0 radical (unpaired) electrons. The predicted molar refractivity (Wildman–Crippen MR) is 80.6 cm³/mol. The zero-order chi connectivity index (χ0) is 14.0. The van der Waals surface area contributed by atoms with Crippen LogP contribution in [-0.2, 0) is 7.05 Å². The molecule has 0 aliphatic heterocycles. The summed E-state index contributed by atoms with van der Waals surface area (Å²) in [6, 6.07) is 7.75. The highest BCUT2D eigenvalue weighted by Gasteiger charge is 2.20. The maximum atomic E-state index is 12.2. The highest BCUT2D eigenvalue weighted by atomic mass is 79.9. The van der Waals surface area contributed by atoms with Gasteiger partial charge in [0, 0.05) is 24.3 Å². The Morgan fingerprint density at radius 3 is 2.79 bits per heavy atom. The molecule has 2 rings (SSSR count). The zero-order valence-electron chi connectivity index (χ0n) is 11.4. The molecule has 0 aliphatic carbocycles. The van der Waals surface area contributed by atoms with Gasteiger partial charge in [0.2, 0.25) is 0 Å². The zero-order valence-corrected chi connectivity index (χ0v) is 13.0. The molecule has 0 saturated heterocycles. The van der Waals surface area contributed by atoms with E-state index < -0.39 is 0 Å². The van der Waals surface area contributed by atoms with E-state index in [9.17, 15) is 4.79 Å². The Kier molecular flexibility index (Phi) is 3.94. The lowest BCUT2D eigenvalue weighted by Gasteiger charge is -2.21. The molecular formula is C14H18BrN3O. The number of nitrogens with one attached hydrogen (secondary N) is 1. The number of para-hydroxylation sites is 1. The first-order valence-electron chi connectivity index (χ1n) is 6.20. The summed E-state index contributed by atoms with van der Waals surface area (Å²) < 4.78 is 1.74. The van der Waals surface area contributed by atoms with E-state index in [2.05, 4.69) is 40.2 Å². The highest BCUT2D eigenvalue weighted by Crippen LogP contribution is 2.19. The van der Waals surface area contributed by atoms with Crippen molar-refractivity contribution in [3.63, 3.8) is 0 Å². The minimum atomic E-state index is -0.120. The van der Waals surface area contributed by atoms with Gasteiger partial charge in [-0.3, -0.25) is 9.48 Å². The quantitative estimate of drug-likeness (QED) is 0.879. The number of fused-ring (bicyclic) bond motifs is 1. The van der Waals surface area contributed by atoms with Crippen molar-refractivity contribution in [1.29, 1.82) is 0 Å². The van der Waals surface area contributed by atoms with Crippen LogP contribution in [0.4, 0.5) is 0 Å². The van der Waals surface area contributed by atoms with Crippen molar-refractivity contribution in [3.8, 4) is 0 Å². The number of aromatic nitrogens is 2. The van der Waals surface area contributed by atoms with Gasteiger partial charge < -0.3 is 5.32 Å². The van der Waals surface area contributed by atoms with Crippen LogP contribution in [0.25, 0.3) is 10.9 Å². The molecule has 102 valence electrons. The number of carbonyl (C=O) groups is 1. The number of aryl methyl sites for hydroxylation is 1. The van der Waals surface area contributed by atoms with Gasteiger partial charge in [0.05, 0.1) is 5.52 Å². The smallest absolute Gasteiger partial charge is 0.272 e. The van der Waals surface area contributed by atoms with Crippen LogP contribution in [0.2, 0.25) is 0 Å². The summed E-state index contributed by atoms with van der Waals surface area (Å²) in [5.41, 5.74) is 1.48. The average Bonchev–Trinajstić information content (AvgIpc) is 2.74. The van der Waals surface area contributed by atoms with Gasteiger partial charge in [-0.05, 0) is 11.5 Å². The van der Waals surface area contributed by atoms with Gasteiger partial charge in [0.25, 0.3) is 5.91 Å². The Morgan fingerprint density at radius 1 is 1.42 bits per heavy atom. The van der Waals surface area contributed by atoms with E-state index in [1.165, 1.54) is 0 Å². The molecule has 1 amide bonds. The van der Waals surface area contributed by atoms with Crippen molar-refractivity contribution >= 4 is 32.7 Å². The molecule has 0 unspecified atom stereocenters. The van der Waals surface area contributed by atoms with Crippen LogP contribution in [0.3, 0.4) is 0 Å². The molecule has 1 N–H and O–H groups in total. The third-order valence-corrected chi connectivity index (χ3v) is 4.58. The molecule has 0 spiro atoms. The fraction of sp³-hybridized carbons (Fsp3) is 0.429. The fourth-order valence-corrected chi connectivity index (χ4v) is 2.03. The second kappa shape index (κ2) is 5.33. The number of amides is 1. The molecule has 0 fully saturated rings. The number of hydrogen-bond donors (Lipinski definition) is 1. The fourth-order valence-electron chi connectivity index (χ4n) is 1.83. The molecule has 5 heteroatoms. The summed E-state index contributed by atoms with van der Waals surface area (Å²) in [6.45, 7) is 4.80. The summed E-state index contributed by atoms with van der Waals surface area (Å²) in [5.74, 6) is -0.120. The number of nitrogens with zero attached hydrogens (tertiary/aromatic N) is 2. The lowest BCUT2D eigenvalue weighted by molar-refractivity contribution is 0.0936. The second-order valence-electron chi connectivity index (χ2n) is 5.47. The SMILES string of the molecule is Cn1nc(C(=O)NCC(C)(C)CBr)c2ccccc21. The van der Waals surface area contributed by atoms with Crippen LogP contribution >= 0.6 is 15.9 Å². The predicted octanol–water partition coefficient (Wildman–Crippen LogP) is 2.72. The summed E-state index contributed by atoms with van der Waals surface area (Å²) in [5, 5.41) is 8.98. The number of alkyl halides is 1. The Balaban J connectivity index is 2.23. The van der Waals surface area contributed by atoms with Gasteiger partial charge in [-0.2, -0.15) is 5.10 Å². The third kappa shape index (κ3) is 2.97. The van der Waals surface area contributed by atoms with E-state index >= 15 is 0 Å². The Hall–Kier alpha value is -1.36. The lowest BCUT2D eigenvalue weighted by atomic mass is 9.97. The van der Waals surface area contributed by atoms with Crippen LogP contribution < -0.4 is 5.32 Å². The van der Waals surface area contributed by atoms with Crippen LogP contribution in [0.1, 0.15) is 24.3 Å². The number of hydrogen-bond acceptors (Lipinski definition) is 2. The summed E-state index contributed by atoms with van der Waals surface area (Å²) >= 11 is 3.45. The standard InChI is InChI=1S/C14H18BrN3O/c1-14(2,8-15)9-16-13(19)12-10-6-4-5-7-11(10)18(3)17-12/h4-7H,8-9H2,1-3H3,(H,16,19). The van der Waals surface area contributed by atoms with Crippen molar-refractivity contribution in [2.45, 2.75) is 13.8 Å². The summed E-state index contributed by atoms with van der Waals surface area (Å²) in [6.07, 6.45) is 0. The average molecular weight is 324 g/mol. The van der Waals surface area contributed by atoms with Gasteiger partial charge in [-0.15, -0.1) is 0 Å². The van der Waals surface area contributed by atoms with Crippen molar-refractivity contribution in [1.82, 2.24) is 15.1 Å². The maximum Gasteiger partial charge on any atom is 0.272 e. The largest absolute Gasteiger partial charge is 0.350 e. The van der Waals surface area contributed by atoms with Crippen molar-refractivity contribution in [2.24, 2.45) is 12.5 Å². The van der Waals surface area contributed by atoms with E-state index in [0.29, 0.717) is 12.2 Å². The molecule has 2 aromatic rings. The van der Waals surface area contributed by atoms with Gasteiger partial charge in [-0.25, -0.2) is 0 Å². The normalized spacial score (nSPS) is 11.8. The van der Waals surface area contributed by atoms with Crippen LogP contribution in [0.5, 0.6) is 0 Å². The van der Waals surface area contributed by atoms with Crippen molar-refractivity contribution in [2.75, 3.05) is 11.9 Å². The number of carbonyl (C=O) groups excluding carboxylic acids is 1. The lowest BCUT2D eigenvalue weighted by Crippen LogP contribution is -2.35. The van der Waals surface area contributed by atoms with Crippen LogP contribution in [0.15, 0.2) is 24.3 Å². The van der Waals surface area contributed by atoms with Crippen molar-refractivity contribution < 1.29 is 4.79 Å². The molecule has 0 saturated carbocycles. The molecule has 1 aromatic heterocycles. The van der Waals surface area contributed by atoms with Crippen LogP contribution in [-0.4, -0.2) is 27.6 Å². The van der Waals surface area contributed by atoms with Gasteiger partial charge in [-0.1, -0.05) is 48.0 Å². The van der Waals surface area contributed by atoms with Crippen molar-refractivity contribution in [3.05, 3.63) is 30.0 Å². The third-order valence-electron chi connectivity index (χ3n) is 3.06. The summed E-state index contributed by atoms with van der Waals surface area (Å²) in [7, 11) is 1.85. The Labute approximate surface area is 121 Å². The maximum absolute atomic E-state index is 12.2. The van der Waals surface area contributed by atoms with E-state index in [4.69, 9.17) is 0 Å². The van der Waals surface area contributed by atoms with E-state index in [1.807, 2.05) is 31.3 Å². The molecule has 19 heavy (non-hydrogen) atoms. The van der Waals surface area contributed by atoms with E-state index in [-0.39, 0.29) is 11.3 Å². The van der Waals surface area contributed by atoms with E-state index in [0.717, 1.165) is 16.2 Å².